The fourth-order valence-electron chi connectivity index (χ4n) is 0.675. The Bertz CT molecular complexity index is 200. The molecule has 10 heteroatoms. The van der Waals surface area contributed by atoms with Crippen molar-refractivity contribution in [3.05, 3.63) is 20.2 Å². The van der Waals surface area contributed by atoms with E-state index in [1.54, 1.807) is 6.92 Å². The molecular weight excluding hydrogens is 240 g/mol. The van der Waals surface area contributed by atoms with Crippen LogP contribution in [0.2, 0.25) is 0 Å². The minimum absolute atomic E-state index is 0.0255. The van der Waals surface area contributed by atoms with Gasteiger partial charge >= 0.3 is 0 Å². The molecule has 0 aromatic carbocycles. The monoisotopic (exact) mass is 258 g/mol. The van der Waals surface area contributed by atoms with Gasteiger partial charge in [-0.25, -0.2) is 0 Å². The van der Waals surface area contributed by atoms with Crippen LogP contribution in [-0.2, 0) is 0 Å². The maximum atomic E-state index is 9.15. The van der Waals surface area contributed by atoms with Crippen LogP contribution in [0.5, 0.6) is 0 Å². The second kappa shape index (κ2) is 10.8. The molecule has 0 aliphatic rings. The Balaban J connectivity index is -0.000000205. The van der Waals surface area contributed by atoms with Crippen molar-refractivity contribution in [2.75, 3.05) is 0 Å². The van der Waals surface area contributed by atoms with Crippen LogP contribution in [-0.4, -0.2) is 36.6 Å². The highest BCUT2D eigenvalue weighted by Gasteiger charge is 2.26. The molecule has 0 aromatic heterocycles. The Morgan fingerprint density at radius 1 is 1.12 bits per heavy atom. The molecule has 0 aliphatic heterocycles. The van der Waals surface area contributed by atoms with Crippen molar-refractivity contribution < 1.29 is 30.8 Å². The molecule has 104 valence electrons. The summed E-state index contributed by atoms with van der Waals surface area (Å²) in [4.78, 5) is 16.7. The highest BCUT2D eigenvalue weighted by atomic mass is 16.9. The summed E-state index contributed by atoms with van der Waals surface area (Å²) < 4.78 is 0. The minimum atomic E-state index is -1.50. The van der Waals surface area contributed by atoms with Gasteiger partial charge in [0, 0.05) is 5.92 Å². The molecule has 0 heterocycles. The fraction of sp³-hybridized carbons (Fsp3) is 1.00. The highest BCUT2D eigenvalue weighted by Crippen LogP contribution is 2.19. The first kappa shape index (κ1) is 20.7. The van der Waals surface area contributed by atoms with Crippen molar-refractivity contribution in [3.8, 4) is 0 Å². The average molecular weight is 258 g/mol. The number of nitrogens with zero attached hydrogens (tertiary/aromatic N) is 2. The molecule has 17 heavy (non-hydrogen) atoms. The second-order valence-electron chi connectivity index (χ2n) is 3.02. The first-order valence-corrected chi connectivity index (χ1v) is 4.62. The third kappa shape index (κ3) is 25.0. The zero-order valence-corrected chi connectivity index (χ0v) is 9.81. The second-order valence-corrected chi connectivity index (χ2v) is 3.02. The van der Waals surface area contributed by atoms with Crippen LogP contribution < -0.4 is 0 Å². The van der Waals surface area contributed by atoms with E-state index in [-0.39, 0.29) is 5.92 Å². The summed E-state index contributed by atoms with van der Waals surface area (Å²) in [7, 11) is 0. The summed E-state index contributed by atoms with van der Waals surface area (Å²) in [5.74, 6) is -1.48. The zero-order chi connectivity index (χ0) is 14.6. The maximum Gasteiger partial charge on any atom is 0.291 e. The molecule has 0 saturated carbocycles. The molecule has 0 amide bonds. The lowest BCUT2D eigenvalue weighted by molar-refractivity contribution is -0.742. The Labute approximate surface area is 97.3 Å². The van der Waals surface area contributed by atoms with Gasteiger partial charge in [0.25, 0.3) is 10.2 Å². The predicted octanol–water partition coefficient (Wildman–Crippen LogP) is 0.428. The van der Waals surface area contributed by atoms with Gasteiger partial charge in [0.05, 0.1) is 0 Å². The van der Waals surface area contributed by atoms with Crippen molar-refractivity contribution in [2.45, 2.75) is 39.4 Å². The first-order chi connectivity index (χ1) is 7.51. The van der Waals surface area contributed by atoms with Gasteiger partial charge in [0.15, 0.2) is 5.79 Å². The summed E-state index contributed by atoms with van der Waals surface area (Å²) in [5.41, 5.74) is 0. The minimum Gasteiger partial charge on any atom is -0.365 e. The SMILES string of the molecule is CCC(C)C(O)(O)CC.O=[N+]([O-])O.O=[N+]([O-])O. The lowest BCUT2D eigenvalue weighted by Gasteiger charge is -2.25. The molecule has 0 aliphatic carbocycles. The van der Waals surface area contributed by atoms with E-state index >= 15 is 0 Å². The van der Waals surface area contributed by atoms with Gasteiger partial charge in [0.2, 0.25) is 0 Å². The van der Waals surface area contributed by atoms with E-state index in [4.69, 9.17) is 40.9 Å². The van der Waals surface area contributed by atoms with Crippen LogP contribution in [0.1, 0.15) is 33.6 Å². The van der Waals surface area contributed by atoms with Crippen molar-refractivity contribution >= 4 is 0 Å². The van der Waals surface area contributed by atoms with E-state index < -0.39 is 16.0 Å². The molecule has 0 rings (SSSR count). The maximum absolute atomic E-state index is 9.15. The summed E-state index contributed by atoms with van der Waals surface area (Å²) in [6.45, 7) is 5.55. The normalized spacial score (nSPS) is 11.1. The molecule has 1 atom stereocenters. The lowest BCUT2D eigenvalue weighted by Crippen LogP contribution is -2.34. The van der Waals surface area contributed by atoms with Crippen LogP contribution in [0.25, 0.3) is 0 Å². The Kier molecular flexibility index (Phi) is 13.2. The molecule has 0 spiro atoms. The largest absolute Gasteiger partial charge is 0.365 e. The summed E-state index contributed by atoms with van der Waals surface area (Å²) in [5, 5.41) is 45.6. The smallest absolute Gasteiger partial charge is 0.291 e. The quantitative estimate of drug-likeness (QED) is 0.321. The van der Waals surface area contributed by atoms with E-state index in [1.807, 2.05) is 13.8 Å². The van der Waals surface area contributed by atoms with E-state index in [9.17, 15) is 0 Å². The topological polar surface area (TPSA) is 167 Å². The van der Waals surface area contributed by atoms with Crippen molar-refractivity contribution in [2.24, 2.45) is 5.92 Å². The Morgan fingerprint density at radius 2 is 1.35 bits per heavy atom. The standard InChI is InChI=1S/C7H16O2.2HNO3/c1-4-6(3)7(8,9)5-2;2*2-1(3)4/h6,8-9H,4-5H2,1-3H3;2*(H,2,3,4). The highest BCUT2D eigenvalue weighted by molar-refractivity contribution is 4.68. The van der Waals surface area contributed by atoms with Crippen LogP contribution in [0.4, 0.5) is 0 Å². The molecule has 0 radical (unpaired) electrons. The van der Waals surface area contributed by atoms with Gasteiger partial charge in [-0.05, 0) is 12.8 Å². The van der Waals surface area contributed by atoms with Crippen LogP contribution in [0.15, 0.2) is 0 Å². The number of rotatable bonds is 3. The fourth-order valence-corrected chi connectivity index (χ4v) is 0.675. The van der Waals surface area contributed by atoms with Gasteiger partial charge in [-0.2, -0.15) is 0 Å². The molecule has 0 aromatic rings. The van der Waals surface area contributed by atoms with Gasteiger partial charge in [-0.1, -0.05) is 20.8 Å². The molecule has 10 nitrogen and oxygen atoms in total. The van der Waals surface area contributed by atoms with E-state index in [0.717, 1.165) is 6.42 Å². The first-order valence-electron chi connectivity index (χ1n) is 4.62. The zero-order valence-electron chi connectivity index (χ0n) is 9.81. The molecule has 4 N–H and O–H groups in total. The lowest BCUT2D eigenvalue weighted by atomic mass is 9.96. The third-order valence-corrected chi connectivity index (χ3v) is 1.92. The van der Waals surface area contributed by atoms with Crippen LogP contribution in [0.3, 0.4) is 0 Å². The van der Waals surface area contributed by atoms with Crippen molar-refractivity contribution in [1.29, 1.82) is 0 Å². The van der Waals surface area contributed by atoms with Gasteiger partial charge in [-0.3, -0.25) is 0 Å². The molecule has 0 bridgehead atoms. The number of aliphatic hydroxyl groups is 2. The molecule has 0 fully saturated rings. The Morgan fingerprint density at radius 3 is 1.41 bits per heavy atom. The van der Waals surface area contributed by atoms with Gasteiger partial charge in [0.1, 0.15) is 0 Å². The van der Waals surface area contributed by atoms with Crippen molar-refractivity contribution in [1.82, 2.24) is 0 Å². The van der Waals surface area contributed by atoms with E-state index in [0.29, 0.717) is 6.42 Å². The third-order valence-electron chi connectivity index (χ3n) is 1.92. The molecular formula is C7H18N2O8. The van der Waals surface area contributed by atoms with Gasteiger partial charge < -0.3 is 20.6 Å². The summed E-state index contributed by atoms with van der Waals surface area (Å²) >= 11 is 0. The van der Waals surface area contributed by atoms with Crippen LogP contribution in [0, 0.1) is 26.1 Å². The van der Waals surface area contributed by atoms with Gasteiger partial charge in [-0.15, -0.1) is 20.2 Å². The van der Waals surface area contributed by atoms with E-state index in [1.165, 1.54) is 0 Å². The summed E-state index contributed by atoms with van der Waals surface area (Å²) in [6.07, 6.45) is 1.21. The van der Waals surface area contributed by atoms with Crippen molar-refractivity contribution in [3.63, 3.8) is 0 Å². The predicted molar refractivity (Wildman–Crippen MR) is 54.5 cm³/mol. The van der Waals surface area contributed by atoms with E-state index in [2.05, 4.69) is 0 Å². The number of hydrogen-bond donors (Lipinski definition) is 4. The summed E-state index contributed by atoms with van der Waals surface area (Å²) in [6, 6.07) is 0. The van der Waals surface area contributed by atoms with Crippen LogP contribution >= 0.6 is 0 Å². The molecule has 0 saturated heterocycles. The average Bonchev–Trinajstić information content (AvgIpc) is 2.14. The number of hydrogen-bond acceptors (Lipinski definition) is 6. The molecule has 1 unspecified atom stereocenters. The Hall–Kier alpha value is -1.68.